The molecule has 0 radical (unpaired) electrons. The molecular formula is C9H16O4. The van der Waals surface area contributed by atoms with Crippen LogP contribution in [0.2, 0.25) is 0 Å². The van der Waals surface area contributed by atoms with Gasteiger partial charge in [0.05, 0.1) is 24.7 Å². The number of ether oxygens (including phenoxy) is 1. The molecule has 13 heavy (non-hydrogen) atoms. The molecule has 2 N–H and O–H groups in total. The van der Waals surface area contributed by atoms with Crippen molar-refractivity contribution in [1.29, 1.82) is 0 Å². The van der Waals surface area contributed by atoms with Crippen LogP contribution in [0.4, 0.5) is 0 Å². The quantitative estimate of drug-likeness (QED) is 0.596. The van der Waals surface area contributed by atoms with Gasteiger partial charge in [-0.25, -0.2) is 0 Å². The fourth-order valence-corrected chi connectivity index (χ4v) is 1.71. The summed E-state index contributed by atoms with van der Waals surface area (Å²) in [6.45, 7) is 0.758. The highest BCUT2D eigenvalue weighted by atomic mass is 16.5. The Morgan fingerprint density at radius 2 is 2.38 bits per heavy atom. The third-order valence-electron chi connectivity index (χ3n) is 2.46. The highest BCUT2D eigenvalue weighted by Gasteiger charge is 2.34. The van der Waals surface area contributed by atoms with Gasteiger partial charge in [0.1, 0.15) is 6.29 Å². The van der Waals surface area contributed by atoms with Gasteiger partial charge in [-0.1, -0.05) is 0 Å². The predicted octanol–water partition coefficient (Wildman–Crippen LogP) is -0.275. The van der Waals surface area contributed by atoms with Crippen molar-refractivity contribution in [3.05, 3.63) is 0 Å². The van der Waals surface area contributed by atoms with Crippen LogP contribution < -0.4 is 0 Å². The van der Waals surface area contributed by atoms with Gasteiger partial charge in [0.25, 0.3) is 0 Å². The van der Waals surface area contributed by atoms with Crippen LogP contribution in [0.1, 0.15) is 19.3 Å². The topological polar surface area (TPSA) is 66.8 Å². The summed E-state index contributed by atoms with van der Waals surface area (Å²) in [5, 5.41) is 17.9. The molecule has 0 saturated carbocycles. The number of carbonyl (C=O) groups is 1. The Morgan fingerprint density at radius 3 is 2.85 bits per heavy atom. The first-order valence-electron chi connectivity index (χ1n) is 4.55. The summed E-state index contributed by atoms with van der Waals surface area (Å²) in [6, 6.07) is 0. The van der Waals surface area contributed by atoms with Crippen molar-refractivity contribution in [3.8, 4) is 0 Å². The van der Waals surface area contributed by atoms with E-state index in [-0.39, 0.29) is 6.61 Å². The second-order valence-corrected chi connectivity index (χ2v) is 3.68. The standard InChI is InChI=1S/C9H16O4/c10-5-8(12)4-9(6-11)2-1-3-13-7-9/h6,8,10,12H,1-5,7H2. The van der Waals surface area contributed by atoms with Gasteiger partial charge in [-0.2, -0.15) is 0 Å². The minimum Gasteiger partial charge on any atom is -0.394 e. The van der Waals surface area contributed by atoms with Crippen LogP contribution >= 0.6 is 0 Å². The van der Waals surface area contributed by atoms with E-state index in [1.165, 1.54) is 0 Å². The predicted molar refractivity (Wildman–Crippen MR) is 46.3 cm³/mol. The van der Waals surface area contributed by atoms with Crippen LogP contribution in [0.25, 0.3) is 0 Å². The van der Waals surface area contributed by atoms with Gasteiger partial charge in [0.15, 0.2) is 0 Å². The summed E-state index contributed by atoms with van der Waals surface area (Å²) in [7, 11) is 0. The first-order valence-corrected chi connectivity index (χ1v) is 4.55. The second-order valence-electron chi connectivity index (χ2n) is 3.68. The van der Waals surface area contributed by atoms with E-state index < -0.39 is 11.5 Å². The van der Waals surface area contributed by atoms with Crippen molar-refractivity contribution < 1.29 is 19.7 Å². The van der Waals surface area contributed by atoms with Gasteiger partial charge < -0.3 is 19.7 Å². The molecule has 76 valence electrons. The lowest BCUT2D eigenvalue weighted by Crippen LogP contribution is -2.37. The van der Waals surface area contributed by atoms with Crippen molar-refractivity contribution in [1.82, 2.24) is 0 Å². The number of carbonyl (C=O) groups excluding carboxylic acids is 1. The van der Waals surface area contributed by atoms with E-state index in [1.54, 1.807) is 0 Å². The number of aliphatic hydroxyl groups is 2. The van der Waals surface area contributed by atoms with Crippen molar-refractivity contribution >= 4 is 6.29 Å². The fourth-order valence-electron chi connectivity index (χ4n) is 1.71. The molecule has 0 aromatic heterocycles. The Morgan fingerprint density at radius 1 is 1.62 bits per heavy atom. The highest BCUT2D eigenvalue weighted by Crippen LogP contribution is 2.31. The molecule has 0 aliphatic carbocycles. The highest BCUT2D eigenvalue weighted by molar-refractivity contribution is 5.59. The zero-order valence-electron chi connectivity index (χ0n) is 7.61. The number of rotatable bonds is 4. The van der Waals surface area contributed by atoms with E-state index in [0.717, 1.165) is 19.1 Å². The third-order valence-corrected chi connectivity index (χ3v) is 2.46. The van der Waals surface area contributed by atoms with Crippen LogP contribution in [-0.4, -0.2) is 42.4 Å². The summed E-state index contributed by atoms with van der Waals surface area (Å²) in [5.41, 5.74) is -0.569. The average molecular weight is 188 g/mol. The Kier molecular flexibility index (Phi) is 3.84. The van der Waals surface area contributed by atoms with Gasteiger partial charge >= 0.3 is 0 Å². The lowest BCUT2D eigenvalue weighted by atomic mass is 9.79. The molecule has 0 aromatic carbocycles. The van der Waals surface area contributed by atoms with E-state index >= 15 is 0 Å². The van der Waals surface area contributed by atoms with Crippen molar-refractivity contribution in [2.45, 2.75) is 25.4 Å². The van der Waals surface area contributed by atoms with E-state index in [1.807, 2.05) is 0 Å². The third kappa shape index (κ3) is 2.76. The van der Waals surface area contributed by atoms with Crippen LogP contribution in [0.3, 0.4) is 0 Å². The summed E-state index contributed by atoms with van der Waals surface area (Å²) in [4.78, 5) is 10.9. The molecule has 4 heteroatoms. The molecule has 0 bridgehead atoms. The Bertz CT molecular complexity index is 163. The summed E-state index contributed by atoms with van der Waals surface area (Å²) >= 11 is 0. The maximum Gasteiger partial charge on any atom is 0.128 e. The van der Waals surface area contributed by atoms with Crippen molar-refractivity contribution in [2.75, 3.05) is 19.8 Å². The number of hydrogen-bond donors (Lipinski definition) is 2. The molecule has 1 heterocycles. The number of hydrogen-bond acceptors (Lipinski definition) is 4. The van der Waals surface area contributed by atoms with Crippen LogP contribution in [0.15, 0.2) is 0 Å². The fraction of sp³-hybridized carbons (Fsp3) is 0.889. The van der Waals surface area contributed by atoms with Gasteiger partial charge in [0.2, 0.25) is 0 Å². The SMILES string of the molecule is O=CC1(CC(O)CO)CCCOC1. The number of aliphatic hydroxyl groups excluding tert-OH is 2. The molecule has 0 amide bonds. The van der Waals surface area contributed by atoms with Gasteiger partial charge in [-0.05, 0) is 19.3 Å². The molecule has 2 unspecified atom stereocenters. The van der Waals surface area contributed by atoms with E-state index in [2.05, 4.69) is 0 Å². The minimum absolute atomic E-state index is 0.296. The van der Waals surface area contributed by atoms with E-state index in [9.17, 15) is 9.90 Å². The smallest absolute Gasteiger partial charge is 0.128 e. The minimum atomic E-state index is -0.813. The molecule has 1 aliphatic heterocycles. The van der Waals surface area contributed by atoms with E-state index in [4.69, 9.17) is 9.84 Å². The largest absolute Gasteiger partial charge is 0.394 e. The lowest BCUT2D eigenvalue weighted by Gasteiger charge is -2.33. The lowest BCUT2D eigenvalue weighted by molar-refractivity contribution is -0.127. The first kappa shape index (κ1) is 10.6. The monoisotopic (exact) mass is 188 g/mol. The molecule has 1 rings (SSSR count). The Hall–Kier alpha value is -0.450. The Balaban J connectivity index is 2.52. The molecular weight excluding hydrogens is 172 g/mol. The van der Waals surface area contributed by atoms with Gasteiger partial charge in [-0.15, -0.1) is 0 Å². The zero-order chi connectivity index (χ0) is 9.73. The molecule has 1 saturated heterocycles. The van der Waals surface area contributed by atoms with Gasteiger partial charge in [0, 0.05) is 6.61 Å². The van der Waals surface area contributed by atoms with Crippen LogP contribution in [0, 0.1) is 5.41 Å². The van der Waals surface area contributed by atoms with Crippen molar-refractivity contribution in [3.63, 3.8) is 0 Å². The molecule has 4 nitrogen and oxygen atoms in total. The van der Waals surface area contributed by atoms with Crippen LogP contribution in [-0.2, 0) is 9.53 Å². The average Bonchev–Trinajstić information content (AvgIpc) is 2.19. The van der Waals surface area contributed by atoms with Crippen LogP contribution in [0.5, 0.6) is 0 Å². The van der Waals surface area contributed by atoms with Gasteiger partial charge in [-0.3, -0.25) is 0 Å². The molecule has 0 aromatic rings. The normalized spacial score (nSPS) is 31.2. The first-order chi connectivity index (χ1) is 6.22. The molecule has 1 aliphatic rings. The molecule has 0 spiro atoms. The summed E-state index contributed by atoms with van der Waals surface area (Å²) < 4.78 is 5.20. The Labute approximate surface area is 77.5 Å². The maximum absolute atomic E-state index is 10.9. The maximum atomic E-state index is 10.9. The summed E-state index contributed by atoms with van der Waals surface area (Å²) in [6.07, 6.45) is 1.93. The summed E-state index contributed by atoms with van der Waals surface area (Å²) in [5.74, 6) is 0. The van der Waals surface area contributed by atoms with E-state index in [0.29, 0.717) is 19.6 Å². The van der Waals surface area contributed by atoms with Crippen molar-refractivity contribution in [2.24, 2.45) is 5.41 Å². The second kappa shape index (κ2) is 4.69. The molecule has 2 atom stereocenters. The molecule has 1 fully saturated rings. The number of aldehydes is 1. The zero-order valence-corrected chi connectivity index (χ0v) is 7.61.